The fourth-order valence-electron chi connectivity index (χ4n) is 3.43. The molecule has 33 heavy (non-hydrogen) atoms. The van der Waals surface area contributed by atoms with Crippen molar-refractivity contribution in [3.63, 3.8) is 0 Å². The van der Waals surface area contributed by atoms with Crippen LogP contribution in [0.25, 0.3) is 5.65 Å². The lowest BCUT2D eigenvalue weighted by Crippen LogP contribution is -2.23. The van der Waals surface area contributed by atoms with E-state index in [1.165, 1.54) is 11.8 Å². The van der Waals surface area contributed by atoms with E-state index in [1.54, 1.807) is 10.6 Å². The molecular formula is C23H23ClN6O2S. The van der Waals surface area contributed by atoms with E-state index in [0.717, 1.165) is 16.0 Å². The summed E-state index contributed by atoms with van der Waals surface area (Å²) in [7, 11) is 1.88. The molecule has 10 heteroatoms. The van der Waals surface area contributed by atoms with E-state index in [1.807, 2.05) is 61.9 Å². The van der Waals surface area contributed by atoms with Gasteiger partial charge in [0.1, 0.15) is 17.4 Å². The van der Waals surface area contributed by atoms with E-state index in [0.29, 0.717) is 40.9 Å². The number of hydrogen-bond acceptors (Lipinski definition) is 6. The summed E-state index contributed by atoms with van der Waals surface area (Å²) in [4.78, 5) is 30.2. The predicted octanol–water partition coefficient (Wildman–Crippen LogP) is 3.04. The SMILES string of the molecule is Cc1ccc2nc(C)c(Cc3nnc(Sc4ccccc4CNC(=O)CCl)n3C)c(=O)n2c1. The third-order valence-corrected chi connectivity index (χ3v) is 6.70. The van der Waals surface area contributed by atoms with E-state index in [9.17, 15) is 9.59 Å². The lowest BCUT2D eigenvalue weighted by atomic mass is 10.1. The molecule has 3 aromatic heterocycles. The van der Waals surface area contributed by atoms with E-state index in [-0.39, 0.29) is 17.3 Å². The number of hydrogen-bond donors (Lipinski definition) is 1. The Balaban J connectivity index is 1.60. The van der Waals surface area contributed by atoms with Gasteiger partial charge in [0.25, 0.3) is 5.56 Å². The number of benzene rings is 1. The van der Waals surface area contributed by atoms with Gasteiger partial charge in [0.15, 0.2) is 5.16 Å². The Morgan fingerprint density at radius 3 is 2.73 bits per heavy atom. The van der Waals surface area contributed by atoms with Crippen molar-refractivity contribution in [2.45, 2.75) is 36.9 Å². The summed E-state index contributed by atoms with van der Waals surface area (Å²) in [5.41, 5.74) is 3.74. The van der Waals surface area contributed by atoms with Crippen molar-refractivity contribution in [3.05, 3.63) is 81.2 Å². The highest BCUT2D eigenvalue weighted by atomic mass is 35.5. The number of rotatable bonds is 7. The standard InChI is InChI=1S/C23H23ClN6O2S/c1-14-8-9-19-26-15(2)17(22(32)30(19)13-14)10-20-27-28-23(29(20)3)33-18-7-5-4-6-16(18)12-25-21(31)11-24/h4-9,13H,10-12H2,1-3H3,(H,25,31). The van der Waals surface area contributed by atoms with Gasteiger partial charge >= 0.3 is 0 Å². The maximum absolute atomic E-state index is 13.1. The summed E-state index contributed by atoms with van der Waals surface area (Å²) in [6, 6.07) is 11.5. The largest absolute Gasteiger partial charge is 0.351 e. The van der Waals surface area contributed by atoms with Gasteiger partial charge in [0.05, 0.1) is 0 Å². The molecule has 0 saturated heterocycles. The van der Waals surface area contributed by atoms with Crippen LogP contribution in [0.4, 0.5) is 0 Å². The molecule has 1 amide bonds. The van der Waals surface area contributed by atoms with E-state index in [2.05, 4.69) is 20.5 Å². The second kappa shape index (κ2) is 9.76. The quantitative estimate of drug-likeness (QED) is 0.407. The number of halogens is 1. The second-order valence-corrected chi connectivity index (χ2v) is 8.95. The first-order valence-electron chi connectivity index (χ1n) is 10.3. The topological polar surface area (TPSA) is 94.2 Å². The van der Waals surface area contributed by atoms with Crippen LogP contribution in [-0.4, -0.2) is 35.9 Å². The summed E-state index contributed by atoms with van der Waals surface area (Å²) in [5.74, 6) is 0.364. The van der Waals surface area contributed by atoms with Crippen LogP contribution >= 0.6 is 23.4 Å². The van der Waals surface area contributed by atoms with Crippen molar-refractivity contribution in [3.8, 4) is 0 Å². The Kier molecular flexibility index (Phi) is 6.80. The second-order valence-electron chi connectivity index (χ2n) is 7.67. The number of amides is 1. The van der Waals surface area contributed by atoms with Crippen molar-refractivity contribution in [1.82, 2.24) is 29.5 Å². The van der Waals surface area contributed by atoms with Gasteiger partial charge in [-0.25, -0.2) is 4.98 Å². The summed E-state index contributed by atoms with van der Waals surface area (Å²) < 4.78 is 3.46. The summed E-state index contributed by atoms with van der Waals surface area (Å²) in [6.45, 7) is 4.15. The lowest BCUT2D eigenvalue weighted by molar-refractivity contribution is -0.118. The Labute approximate surface area is 200 Å². The van der Waals surface area contributed by atoms with Crippen LogP contribution in [0.1, 0.15) is 28.2 Å². The van der Waals surface area contributed by atoms with Gasteiger partial charge in [-0.3, -0.25) is 14.0 Å². The minimum atomic E-state index is -0.224. The Hall–Kier alpha value is -3.17. The molecular weight excluding hydrogens is 460 g/mol. The highest BCUT2D eigenvalue weighted by molar-refractivity contribution is 7.99. The minimum Gasteiger partial charge on any atom is -0.351 e. The summed E-state index contributed by atoms with van der Waals surface area (Å²) >= 11 is 7.02. The molecule has 0 aliphatic carbocycles. The van der Waals surface area contributed by atoms with Gasteiger partial charge in [-0.2, -0.15) is 0 Å². The number of carbonyl (C=O) groups excluding carboxylic acids is 1. The summed E-state index contributed by atoms with van der Waals surface area (Å²) in [6.07, 6.45) is 2.12. The average Bonchev–Trinajstić information content (AvgIpc) is 3.15. The zero-order valence-electron chi connectivity index (χ0n) is 18.5. The highest BCUT2D eigenvalue weighted by Gasteiger charge is 2.17. The van der Waals surface area contributed by atoms with Crippen LogP contribution in [0.2, 0.25) is 0 Å². The molecule has 0 fully saturated rings. The zero-order valence-corrected chi connectivity index (χ0v) is 20.1. The van der Waals surface area contributed by atoms with E-state index >= 15 is 0 Å². The van der Waals surface area contributed by atoms with Crippen molar-refractivity contribution < 1.29 is 4.79 Å². The van der Waals surface area contributed by atoms with Crippen LogP contribution in [0.15, 0.2) is 57.4 Å². The van der Waals surface area contributed by atoms with Gasteiger partial charge in [-0.1, -0.05) is 24.3 Å². The number of pyridine rings is 1. The van der Waals surface area contributed by atoms with Crippen molar-refractivity contribution in [1.29, 1.82) is 0 Å². The molecule has 4 rings (SSSR count). The molecule has 0 unspecified atom stereocenters. The Bertz CT molecular complexity index is 1400. The smallest absolute Gasteiger partial charge is 0.261 e. The third-order valence-electron chi connectivity index (χ3n) is 5.30. The third kappa shape index (κ3) is 4.94. The van der Waals surface area contributed by atoms with Gasteiger partial charge in [0.2, 0.25) is 5.91 Å². The molecule has 0 bridgehead atoms. The van der Waals surface area contributed by atoms with Gasteiger partial charge in [-0.05, 0) is 48.9 Å². The van der Waals surface area contributed by atoms with Crippen LogP contribution in [0.3, 0.4) is 0 Å². The lowest BCUT2D eigenvalue weighted by Gasteiger charge is -2.10. The Morgan fingerprint density at radius 2 is 1.94 bits per heavy atom. The monoisotopic (exact) mass is 482 g/mol. The number of fused-ring (bicyclic) bond motifs is 1. The number of aromatic nitrogens is 5. The normalized spacial score (nSPS) is 11.2. The number of aryl methyl sites for hydroxylation is 2. The molecule has 0 aliphatic heterocycles. The van der Waals surface area contributed by atoms with Crippen molar-refractivity contribution in [2.75, 3.05) is 5.88 Å². The predicted molar refractivity (Wildman–Crippen MR) is 128 cm³/mol. The zero-order chi connectivity index (χ0) is 23.5. The van der Waals surface area contributed by atoms with E-state index < -0.39 is 0 Å². The molecule has 1 N–H and O–H groups in total. The first-order valence-corrected chi connectivity index (χ1v) is 11.7. The Morgan fingerprint density at radius 1 is 1.15 bits per heavy atom. The number of nitrogens with one attached hydrogen (secondary N) is 1. The molecule has 3 heterocycles. The maximum Gasteiger partial charge on any atom is 0.261 e. The molecule has 0 radical (unpaired) electrons. The van der Waals surface area contributed by atoms with Crippen LogP contribution < -0.4 is 10.9 Å². The minimum absolute atomic E-state index is 0.0788. The van der Waals surface area contributed by atoms with E-state index in [4.69, 9.17) is 11.6 Å². The van der Waals surface area contributed by atoms with Gasteiger partial charge < -0.3 is 9.88 Å². The fourth-order valence-corrected chi connectivity index (χ4v) is 4.46. The number of alkyl halides is 1. The fraction of sp³-hybridized carbons (Fsp3) is 0.261. The molecule has 8 nitrogen and oxygen atoms in total. The first-order chi connectivity index (χ1) is 15.9. The van der Waals surface area contributed by atoms with Crippen LogP contribution in [0.5, 0.6) is 0 Å². The molecule has 0 atom stereocenters. The number of carbonyl (C=O) groups is 1. The maximum atomic E-state index is 13.1. The highest BCUT2D eigenvalue weighted by Crippen LogP contribution is 2.29. The molecule has 0 spiro atoms. The molecule has 4 aromatic rings. The molecule has 0 aliphatic rings. The van der Waals surface area contributed by atoms with Gasteiger partial charge in [0, 0.05) is 42.4 Å². The summed E-state index contributed by atoms with van der Waals surface area (Å²) in [5, 5.41) is 12.1. The molecule has 0 saturated carbocycles. The van der Waals surface area contributed by atoms with Gasteiger partial charge in [-0.15, -0.1) is 21.8 Å². The van der Waals surface area contributed by atoms with Crippen molar-refractivity contribution >= 4 is 34.9 Å². The molecule has 1 aromatic carbocycles. The van der Waals surface area contributed by atoms with Crippen LogP contribution in [0, 0.1) is 13.8 Å². The first kappa shape index (κ1) is 23.0. The number of nitrogens with zero attached hydrogens (tertiary/aromatic N) is 5. The van der Waals surface area contributed by atoms with Crippen LogP contribution in [-0.2, 0) is 24.8 Å². The molecule has 170 valence electrons. The van der Waals surface area contributed by atoms with Crippen molar-refractivity contribution in [2.24, 2.45) is 7.05 Å². The average molecular weight is 483 g/mol.